The molecule has 0 aliphatic rings. The highest BCUT2D eigenvalue weighted by atomic mass is 16.3. The van der Waals surface area contributed by atoms with Gasteiger partial charge in [0.1, 0.15) is 22.3 Å². The molecule has 0 unspecified atom stereocenters. The van der Waals surface area contributed by atoms with Gasteiger partial charge in [-0.2, -0.15) is 0 Å². The molecule has 0 N–H and O–H groups in total. The molecule has 0 radical (unpaired) electrons. The lowest BCUT2D eigenvalue weighted by Gasteiger charge is -2.11. The Balaban J connectivity index is 1.12. The summed E-state index contributed by atoms with van der Waals surface area (Å²) < 4.78 is 12.4. The van der Waals surface area contributed by atoms with Crippen LogP contribution < -0.4 is 0 Å². The van der Waals surface area contributed by atoms with Crippen molar-refractivity contribution in [3.63, 3.8) is 0 Å². The largest absolute Gasteiger partial charge is 0.456 e. The van der Waals surface area contributed by atoms with Crippen molar-refractivity contribution in [2.24, 2.45) is 0 Å². The Bertz CT molecular complexity index is 2830. The van der Waals surface area contributed by atoms with Gasteiger partial charge in [0.25, 0.3) is 0 Å². The summed E-state index contributed by atoms with van der Waals surface area (Å²) in [4.78, 5) is 15.1. The lowest BCUT2D eigenvalue weighted by atomic mass is 9.95. The molecule has 0 amide bonds. The lowest BCUT2D eigenvalue weighted by Crippen LogP contribution is -2.00. The number of hydrogen-bond donors (Lipinski definition) is 0. The van der Waals surface area contributed by atoms with Gasteiger partial charge in [-0.15, -0.1) is 0 Å². The zero-order chi connectivity index (χ0) is 31.6. The molecule has 10 rings (SSSR count). The zero-order valence-electron chi connectivity index (χ0n) is 25.6. The van der Waals surface area contributed by atoms with Crippen LogP contribution in [-0.4, -0.2) is 15.0 Å². The topological polar surface area (TPSA) is 65.0 Å². The molecule has 5 nitrogen and oxygen atoms in total. The number of fused-ring (bicyclic) bond motifs is 8. The minimum atomic E-state index is 0.602. The van der Waals surface area contributed by atoms with Crippen LogP contribution in [0.5, 0.6) is 0 Å². The second-order valence-electron chi connectivity index (χ2n) is 12.0. The first kappa shape index (κ1) is 26.6. The number of benzene rings is 7. The second kappa shape index (κ2) is 10.5. The van der Waals surface area contributed by atoms with E-state index >= 15 is 0 Å². The summed E-state index contributed by atoms with van der Waals surface area (Å²) >= 11 is 0. The Hall–Kier alpha value is -6.59. The molecule has 7 aromatic carbocycles. The summed E-state index contributed by atoms with van der Waals surface area (Å²) in [7, 11) is 0. The van der Waals surface area contributed by atoms with E-state index in [1.165, 1.54) is 10.8 Å². The summed E-state index contributed by atoms with van der Waals surface area (Å²) in [6.45, 7) is 0. The Labute approximate surface area is 274 Å². The first-order valence-corrected chi connectivity index (χ1v) is 15.9. The maximum atomic E-state index is 6.19. The molecule has 3 heterocycles. The molecule has 0 bridgehead atoms. The standard InChI is InChI=1S/C43H25N3O2/c1-2-10-27(11-3-1)41-44-42(46-43(45-41)34-16-9-19-37-40(34)33-13-5-7-18-36(33)47-37)28-22-20-26(21-23-28)29-14-8-15-31-30(29)24-25-38-39(31)32-12-4-6-17-35(32)48-38/h1-25H. The van der Waals surface area contributed by atoms with E-state index in [0.29, 0.717) is 17.5 Å². The van der Waals surface area contributed by atoms with E-state index in [4.69, 9.17) is 23.8 Å². The van der Waals surface area contributed by atoms with E-state index in [1.54, 1.807) is 0 Å². The van der Waals surface area contributed by atoms with Crippen molar-refractivity contribution in [3.8, 4) is 45.3 Å². The van der Waals surface area contributed by atoms with Gasteiger partial charge < -0.3 is 8.83 Å². The van der Waals surface area contributed by atoms with Gasteiger partial charge in [-0.1, -0.05) is 127 Å². The first-order chi connectivity index (χ1) is 23.8. The average Bonchev–Trinajstić information content (AvgIpc) is 3.74. The van der Waals surface area contributed by atoms with Gasteiger partial charge in [0.15, 0.2) is 17.5 Å². The van der Waals surface area contributed by atoms with Crippen molar-refractivity contribution in [2.45, 2.75) is 0 Å². The molecule has 0 spiro atoms. The summed E-state index contributed by atoms with van der Waals surface area (Å²) in [6, 6.07) is 51.6. The third-order valence-corrected chi connectivity index (χ3v) is 9.16. The normalized spacial score (nSPS) is 11.8. The van der Waals surface area contributed by atoms with Crippen LogP contribution in [-0.2, 0) is 0 Å². The van der Waals surface area contributed by atoms with Crippen LogP contribution in [0.2, 0.25) is 0 Å². The molecular formula is C43H25N3O2. The Kier molecular flexibility index (Phi) is 5.81. The summed E-state index contributed by atoms with van der Waals surface area (Å²) in [5.41, 5.74) is 8.46. The van der Waals surface area contributed by atoms with E-state index in [2.05, 4.69) is 78.9 Å². The van der Waals surface area contributed by atoms with Crippen LogP contribution in [0.1, 0.15) is 0 Å². The van der Waals surface area contributed by atoms with Gasteiger partial charge in [-0.25, -0.2) is 15.0 Å². The van der Waals surface area contributed by atoms with Crippen LogP contribution in [0.15, 0.2) is 160 Å². The van der Waals surface area contributed by atoms with E-state index in [0.717, 1.165) is 71.7 Å². The maximum Gasteiger partial charge on any atom is 0.164 e. The number of furan rings is 2. The predicted molar refractivity (Wildman–Crippen MR) is 194 cm³/mol. The van der Waals surface area contributed by atoms with E-state index in [1.807, 2.05) is 72.8 Å². The van der Waals surface area contributed by atoms with Gasteiger partial charge >= 0.3 is 0 Å². The average molecular weight is 616 g/mol. The van der Waals surface area contributed by atoms with Crippen LogP contribution in [0.3, 0.4) is 0 Å². The van der Waals surface area contributed by atoms with Crippen molar-refractivity contribution >= 4 is 54.6 Å². The number of hydrogen-bond acceptors (Lipinski definition) is 5. The quantitative estimate of drug-likeness (QED) is 0.197. The summed E-state index contributed by atoms with van der Waals surface area (Å²) in [5.74, 6) is 1.83. The van der Waals surface area contributed by atoms with Crippen molar-refractivity contribution in [2.75, 3.05) is 0 Å². The lowest BCUT2D eigenvalue weighted by molar-refractivity contribution is 0.668. The van der Waals surface area contributed by atoms with E-state index in [-0.39, 0.29) is 0 Å². The van der Waals surface area contributed by atoms with Gasteiger partial charge in [-0.3, -0.25) is 0 Å². The Morgan fingerprint density at radius 2 is 0.812 bits per heavy atom. The van der Waals surface area contributed by atoms with Gasteiger partial charge in [-0.05, 0) is 46.2 Å². The number of rotatable bonds is 4. The van der Waals surface area contributed by atoms with Crippen LogP contribution in [0.25, 0.3) is 99.9 Å². The number of para-hydroxylation sites is 2. The Morgan fingerprint density at radius 3 is 1.56 bits per heavy atom. The maximum absolute atomic E-state index is 6.19. The minimum absolute atomic E-state index is 0.602. The molecular weight excluding hydrogens is 590 g/mol. The smallest absolute Gasteiger partial charge is 0.164 e. The van der Waals surface area contributed by atoms with E-state index in [9.17, 15) is 0 Å². The van der Waals surface area contributed by atoms with Gasteiger partial charge in [0.2, 0.25) is 0 Å². The monoisotopic (exact) mass is 615 g/mol. The summed E-state index contributed by atoms with van der Waals surface area (Å²) in [5, 5.41) is 6.66. The molecule has 0 aliphatic heterocycles. The summed E-state index contributed by atoms with van der Waals surface area (Å²) in [6.07, 6.45) is 0. The fraction of sp³-hybridized carbons (Fsp3) is 0. The fourth-order valence-electron chi connectivity index (χ4n) is 6.93. The van der Waals surface area contributed by atoms with Crippen LogP contribution in [0, 0.1) is 0 Å². The fourth-order valence-corrected chi connectivity index (χ4v) is 6.93. The molecule has 0 saturated carbocycles. The van der Waals surface area contributed by atoms with Crippen molar-refractivity contribution in [1.29, 1.82) is 0 Å². The minimum Gasteiger partial charge on any atom is -0.456 e. The number of nitrogens with zero attached hydrogens (tertiary/aromatic N) is 3. The highest BCUT2D eigenvalue weighted by Gasteiger charge is 2.18. The SMILES string of the molecule is c1ccc(-c2nc(-c3ccc(-c4cccc5c4ccc4oc6ccccc6c45)cc3)nc(-c3cccc4oc5ccccc5c34)n2)cc1. The molecule has 10 aromatic rings. The molecule has 224 valence electrons. The molecule has 48 heavy (non-hydrogen) atoms. The van der Waals surface area contributed by atoms with Crippen molar-refractivity contribution in [3.05, 3.63) is 152 Å². The van der Waals surface area contributed by atoms with Gasteiger partial charge in [0, 0.05) is 38.2 Å². The number of aromatic nitrogens is 3. The first-order valence-electron chi connectivity index (χ1n) is 15.9. The molecule has 0 atom stereocenters. The predicted octanol–water partition coefficient (Wildman–Crippen LogP) is 11.5. The second-order valence-corrected chi connectivity index (χ2v) is 12.0. The Morgan fingerprint density at radius 1 is 0.292 bits per heavy atom. The third-order valence-electron chi connectivity index (χ3n) is 9.16. The zero-order valence-corrected chi connectivity index (χ0v) is 25.6. The van der Waals surface area contributed by atoms with Gasteiger partial charge in [0.05, 0.1) is 0 Å². The molecule has 5 heteroatoms. The molecule has 0 aliphatic carbocycles. The van der Waals surface area contributed by atoms with Crippen LogP contribution >= 0.6 is 0 Å². The highest BCUT2D eigenvalue weighted by molar-refractivity contribution is 6.21. The van der Waals surface area contributed by atoms with Crippen molar-refractivity contribution < 1.29 is 8.83 Å². The molecule has 3 aromatic heterocycles. The van der Waals surface area contributed by atoms with Crippen LogP contribution in [0.4, 0.5) is 0 Å². The highest BCUT2D eigenvalue weighted by Crippen LogP contribution is 2.39. The molecule has 0 fully saturated rings. The van der Waals surface area contributed by atoms with E-state index < -0.39 is 0 Å². The van der Waals surface area contributed by atoms with Crippen molar-refractivity contribution in [1.82, 2.24) is 15.0 Å². The molecule has 0 saturated heterocycles. The third kappa shape index (κ3) is 4.15.